The fourth-order valence-corrected chi connectivity index (χ4v) is 2.09. The van der Waals surface area contributed by atoms with Crippen molar-refractivity contribution in [2.75, 3.05) is 6.61 Å². The summed E-state index contributed by atoms with van der Waals surface area (Å²) in [5, 5.41) is 20.5. The molecule has 5 nitrogen and oxygen atoms in total. The molecule has 96 valence electrons. The van der Waals surface area contributed by atoms with Crippen LogP contribution in [0.1, 0.15) is 32.6 Å². The zero-order valence-corrected chi connectivity index (χ0v) is 9.98. The predicted octanol–water partition coefficient (Wildman–Crippen LogP) is 0.685. The van der Waals surface area contributed by atoms with Gasteiger partial charge in [0.2, 0.25) is 5.91 Å². The number of carbonyl (C=O) groups is 2. The molecule has 0 aliphatic heterocycles. The van der Waals surface area contributed by atoms with Crippen molar-refractivity contribution in [2.45, 2.75) is 38.1 Å². The Bertz CT molecular complexity index is 316. The molecule has 0 aromatic heterocycles. The Kier molecular flexibility index (Phi) is 4.69. The minimum absolute atomic E-state index is 0.105. The maximum Gasteiger partial charge on any atom is 0.328 e. The summed E-state index contributed by atoms with van der Waals surface area (Å²) in [7, 11) is 0. The van der Waals surface area contributed by atoms with Crippen LogP contribution in [0.15, 0.2) is 12.2 Å². The van der Waals surface area contributed by atoms with Gasteiger partial charge in [-0.3, -0.25) is 4.79 Å². The Labute approximate surface area is 101 Å². The molecule has 0 unspecified atom stereocenters. The zero-order chi connectivity index (χ0) is 12.9. The molecule has 1 amide bonds. The average Bonchev–Trinajstić information content (AvgIpc) is 2.30. The molecular weight excluding hydrogens is 222 g/mol. The van der Waals surface area contributed by atoms with E-state index in [0.29, 0.717) is 5.92 Å². The minimum atomic E-state index is -1.16. The number of nitrogens with one attached hydrogen (secondary N) is 1. The number of rotatable bonds is 4. The van der Waals surface area contributed by atoms with Crippen LogP contribution < -0.4 is 5.32 Å². The predicted molar refractivity (Wildman–Crippen MR) is 62.4 cm³/mol. The van der Waals surface area contributed by atoms with E-state index in [0.717, 1.165) is 37.8 Å². The summed E-state index contributed by atoms with van der Waals surface area (Å²) in [6.45, 7) is 2.04. The van der Waals surface area contributed by atoms with Gasteiger partial charge < -0.3 is 15.5 Å². The van der Waals surface area contributed by atoms with Crippen LogP contribution in [0.4, 0.5) is 0 Å². The van der Waals surface area contributed by atoms with E-state index in [2.05, 4.69) is 12.2 Å². The van der Waals surface area contributed by atoms with Crippen LogP contribution in [-0.4, -0.2) is 34.2 Å². The maximum atomic E-state index is 11.5. The van der Waals surface area contributed by atoms with Crippen LogP contribution in [0.25, 0.3) is 0 Å². The van der Waals surface area contributed by atoms with Crippen molar-refractivity contribution >= 4 is 11.9 Å². The minimum Gasteiger partial charge on any atom is -0.478 e. The van der Waals surface area contributed by atoms with E-state index in [1.54, 1.807) is 0 Å². The lowest BCUT2D eigenvalue weighted by molar-refractivity contribution is -0.131. The van der Waals surface area contributed by atoms with Gasteiger partial charge in [-0.1, -0.05) is 6.92 Å². The van der Waals surface area contributed by atoms with E-state index < -0.39 is 17.4 Å². The molecule has 3 N–H and O–H groups in total. The van der Waals surface area contributed by atoms with Crippen molar-refractivity contribution in [1.82, 2.24) is 5.32 Å². The lowest BCUT2D eigenvalue weighted by Crippen LogP contribution is -2.52. The van der Waals surface area contributed by atoms with E-state index in [-0.39, 0.29) is 6.61 Å². The third-order valence-corrected chi connectivity index (χ3v) is 3.30. The number of hydrogen-bond acceptors (Lipinski definition) is 3. The monoisotopic (exact) mass is 241 g/mol. The Morgan fingerprint density at radius 1 is 1.35 bits per heavy atom. The highest BCUT2D eigenvalue weighted by Gasteiger charge is 2.34. The third kappa shape index (κ3) is 4.19. The summed E-state index contributed by atoms with van der Waals surface area (Å²) >= 11 is 0. The Balaban J connectivity index is 2.57. The van der Waals surface area contributed by atoms with E-state index in [9.17, 15) is 14.7 Å². The van der Waals surface area contributed by atoms with Crippen LogP contribution in [0.2, 0.25) is 0 Å². The summed E-state index contributed by atoms with van der Waals surface area (Å²) in [4.78, 5) is 21.8. The van der Waals surface area contributed by atoms with Crippen molar-refractivity contribution in [3.8, 4) is 0 Å². The normalized spacial score (nSPS) is 29.2. The first-order chi connectivity index (χ1) is 7.97. The van der Waals surface area contributed by atoms with Gasteiger partial charge in [-0.05, 0) is 31.6 Å². The van der Waals surface area contributed by atoms with Crippen LogP contribution >= 0.6 is 0 Å². The molecule has 0 bridgehead atoms. The molecular formula is C12H19NO4. The first kappa shape index (κ1) is 13.7. The van der Waals surface area contributed by atoms with Crippen molar-refractivity contribution < 1.29 is 19.8 Å². The molecule has 0 atom stereocenters. The van der Waals surface area contributed by atoms with Gasteiger partial charge in [0.25, 0.3) is 0 Å². The van der Waals surface area contributed by atoms with E-state index in [1.807, 2.05) is 0 Å². The number of hydrogen-bond donors (Lipinski definition) is 3. The lowest BCUT2D eigenvalue weighted by atomic mass is 9.77. The molecule has 0 heterocycles. The number of carbonyl (C=O) groups excluding carboxylic acids is 1. The van der Waals surface area contributed by atoms with Gasteiger partial charge in [-0.25, -0.2) is 4.79 Å². The van der Waals surface area contributed by atoms with Crippen LogP contribution in [0.5, 0.6) is 0 Å². The van der Waals surface area contributed by atoms with Gasteiger partial charge in [-0.2, -0.15) is 0 Å². The number of carboxylic acid groups (broad SMARTS) is 1. The number of aliphatic carboxylic acids is 1. The second-order valence-corrected chi connectivity index (χ2v) is 4.78. The lowest BCUT2D eigenvalue weighted by Gasteiger charge is -2.38. The van der Waals surface area contributed by atoms with Crippen molar-refractivity contribution in [3.63, 3.8) is 0 Å². The van der Waals surface area contributed by atoms with Gasteiger partial charge in [0.15, 0.2) is 0 Å². The van der Waals surface area contributed by atoms with Crippen LogP contribution in [0, 0.1) is 5.92 Å². The second-order valence-electron chi connectivity index (χ2n) is 4.78. The molecule has 1 aliphatic carbocycles. The van der Waals surface area contributed by atoms with E-state index in [4.69, 9.17) is 5.11 Å². The summed E-state index contributed by atoms with van der Waals surface area (Å²) in [6.07, 6.45) is 5.17. The molecule has 0 radical (unpaired) electrons. The summed E-state index contributed by atoms with van der Waals surface area (Å²) < 4.78 is 0. The topological polar surface area (TPSA) is 86.6 Å². The van der Waals surface area contributed by atoms with Crippen molar-refractivity contribution in [2.24, 2.45) is 5.92 Å². The number of aliphatic hydroxyl groups excluding tert-OH is 1. The highest BCUT2D eigenvalue weighted by molar-refractivity contribution is 5.94. The van der Waals surface area contributed by atoms with E-state index in [1.165, 1.54) is 0 Å². The van der Waals surface area contributed by atoms with Gasteiger partial charge >= 0.3 is 5.97 Å². The van der Waals surface area contributed by atoms with Crippen molar-refractivity contribution in [1.29, 1.82) is 0 Å². The number of amides is 1. The molecule has 0 saturated heterocycles. The standard InChI is InChI=1S/C12H19NO4/c1-9-4-6-12(8-14,7-5-9)13-10(15)2-3-11(16)17/h2-3,9,14H,4-8H2,1H3,(H,13,15)(H,16,17). The SMILES string of the molecule is CC1CCC(CO)(NC(=O)C=CC(=O)O)CC1. The average molecular weight is 241 g/mol. The first-order valence-corrected chi connectivity index (χ1v) is 5.81. The molecule has 1 rings (SSSR count). The Morgan fingerprint density at radius 2 is 1.94 bits per heavy atom. The largest absolute Gasteiger partial charge is 0.478 e. The van der Waals surface area contributed by atoms with Crippen LogP contribution in [0.3, 0.4) is 0 Å². The number of carboxylic acids is 1. The zero-order valence-electron chi connectivity index (χ0n) is 9.98. The summed E-state index contributed by atoms with van der Waals surface area (Å²) in [5.41, 5.74) is -0.577. The van der Waals surface area contributed by atoms with Crippen LogP contribution in [-0.2, 0) is 9.59 Å². The highest BCUT2D eigenvalue weighted by atomic mass is 16.4. The molecule has 1 saturated carbocycles. The fourth-order valence-electron chi connectivity index (χ4n) is 2.09. The Morgan fingerprint density at radius 3 is 2.41 bits per heavy atom. The summed E-state index contributed by atoms with van der Waals surface area (Å²) in [5.74, 6) is -1.01. The van der Waals surface area contributed by atoms with Gasteiger partial charge in [0.05, 0.1) is 12.1 Å². The fraction of sp³-hybridized carbons (Fsp3) is 0.667. The molecule has 1 fully saturated rings. The smallest absolute Gasteiger partial charge is 0.328 e. The van der Waals surface area contributed by atoms with Crippen molar-refractivity contribution in [3.05, 3.63) is 12.2 Å². The summed E-state index contributed by atoms with van der Waals surface area (Å²) in [6, 6.07) is 0. The molecule has 17 heavy (non-hydrogen) atoms. The first-order valence-electron chi connectivity index (χ1n) is 5.81. The number of aliphatic hydroxyl groups is 1. The van der Waals surface area contributed by atoms with Gasteiger partial charge in [0.1, 0.15) is 0 Å². The molecule has 1 aliphatic rings. The van der Waals surface area contributed by atoms with E-state index >= 15 is 0 Å². The third-order valence-electron chi connectivity index (χ3n) is 3.30. The van der Waals surface area contributed by atoms with Gasteiger partial charge in [0, 0.05) is 12.2 Å². The maximum absolute atomic E-state index is 11.5. The molecule has 0 aromatic rings. The molecule has 5 heteroatoms. The van der Waals surface area contributed by atoms with Gasteiger partial charge in [-0.15, -0.1) is 0 Å². The highest BCUT2D eigenvalue weighted by Crippen LogP contribution is 2.31. The Hall–Kier alpha value is -1.36. The quantitative estimate of drug-likeness (QED) is 0.632. The molecule has 0 spiro atoms. The second kappa shape index (κ2) is 5.82. The molecule has 0 aromatic carbocycles.